The zero-order valence-electron chi connectivity index (χ0n) is 14.7. The Bertz CT molecular complexity index is 1190. The summed E-state index contributed by atoms with van der Waals surface area (Å²) in [7, 11) is 0. The maximum absolute atomic E-state index is 12.7. The second-order valence-corrected chi connectivity index (χ2v) is 8.27. The summed E-state index contributed by atoms with van der Waals surface area (Å²) in [4.78, 5) is 29.5. The maximum Gasteiger partial charge on any atom is 0.270 e. The molecule has 4 aromatic rings. The van der Waals surface area contributed by atoms with Gasteiger partial charge in [0.2, 0.25) is 0 Å². The van der Waals surface area contributed by atoms with Gasteiger partial charge in [0.25, 0.3) is 11.6 Å². The molecular weight excluding hydrogens is 430 g/mol. The van der Waals surface area contributed by atoms with Gasteiger partial charge in [-0.05, 0) is 23.1 Å². The third kappa shape index (κ3) is 4.04. The summed E-state index contributed by atoms with van der Waals surface area (Å²) >= 11 is 8.99. The standard InChI is InChI=1S/C20H12ClN3O3S2/c21-15-11-13(24(26)27)8-9-14(15)19(25)23-20-22-17(16-7-4-10-28-16)18(29-20)12-5-2-1-3-6-12/h1-11H,(H,22,23,25). The van der Waals surface area contributed by atoms with Crippen molar-refractivity contribution in [3.63, 3.8) is 0 Å². The summed E-state index contributed by atoms with van der Waals surface area (Å²) in [5.74, 6) is -0.476. The van der Waals surface area contributed by atoms with Crippen molar-refractivity contribution in [2.75, 3.05) is 5.32 Å². The Kier molecular flexibility index (Phi) is 5.39. The number of nitrogens with one attached hydrogen (secondary N) is 1. The minimum atomic E-state index is -0.562. The molecule has 0 bridgehead atoms. The van der Waals surface area contributed by atoms with Gasteiger partial charge >= 0.3 is 0 Å². The number of nitro groups is 1. The first-order valence-corrected chi connectivity index (χ1v) is 10.5. The lowest BCUT2D eigenvalue weighted by Gasteiger charge is -2.03. The average molecular weight is 442 g/mol. The Morgan fingerprint density at radius 1 is 1.10 bits per heavy atom. The molecule has 144 valence electrons. The van der Waals surface area contributed by atoms with E-state index in [-0.39, 0.29) is 16.3 Å². The number of rotatable bonds is 5. The molecule has 1 N–H and O–H groups in total. The number of thiophene rings is 1. The van der Waals surface area contributed by atoms with Gasteiger partial charge in [0.1, 0.15) is 5.69 Å². The molecule has 0 unspecified atom stereocenters. The predicted octanol–water partition coefficient (Wildman–Crippen LogP) is 6.35. The third-order valence-electron chi connectivity index (χ3n) is 4.05. The van der Waals surface area contributed by atoms with Crippen LogP contribution in [0.1, 0.15) is 10.4 Å². The van der Waals surface area contributed by atoms with Crippen LogP contribution in [0.15, 0.2) is 66.0 Å². The van der Waals surface area contributed by atoms with Gasteiger partial charge in [-0.2, -0.15) is 0 Å². The summed E-state index contributed by atoms with van der Waals surface area (Å²) in [6, 6.07) is 17.5. The Balaban J connectivity index is 1.68. The van der Waals surface area contributed by atoms with Gasteiger partial charge in [0.05, 0.1) is 25.3 Å². The SMILES string of the molecule is O=C(Nc1nc(-c2cccs2)c(-c2ccccc2)s1)c1ccc([N+](=O)[O-])cc1Cl. The van der Waals surface area contributed by atoms with Crippen molar-refractivity contribution in [1.82, 2.24) is 4.98 Å². The van der Waals surface area contributed by atoms with Crippen LogP contribution in [0.5, 0.6) is 0 Å². The van der Waals surface area contributed by atoms with Crippen molar-refractivity contribution in [3.8, 4) is 21.0 Å². The molecule has 0 atom stereocenters. The Hall–Kier alpha value is -3.07. The van der Waals surface area contributed by atoms with Crippen LogP contribution in [0.2, 0.25) is 5.02 Å². The molecule has 29 heavy (non-hydrogen) atoms. The topological polar surface area (TPSA) is 85.1 Å². The number of non-ortho nitro benzene ring substituents is 1. The Morgan fingerprint density at radius 2 is 1.90 bits per heavy atom. The Labute approximate surface area is 178 Å². The lowest BCUT2D eigenvalue weighted by Crippen LogP contribution is -2.12. The number of aromatic nitrogens is 1. The lowest BCUT2D eigenvalue weighted by atomic mass is 10.1. The molecule has 9 heteroatoms. The van der Waals surface area contributed by atoms with Crippen LogP contribution < -0.4 is 5.32 Å². The van der Waals surface area contributed by atoms with E-state index in [0.717, 1.165) is 27.1 Å². The Morgan fingerprint density at radius 3 is 2.55 bits per heavy atom. The number of nitrogens with zero attached hydrogens (tertiary/aromatic N) is 2. The molecular formula is C20H12ClN3O3S2. The van der Waals surface area contributed by atoms with E-state index in [4.69, 9.17) is 11.6 Å². The van der Waals surface area contributed by atoms with E-state index >= 15 is 0 Å². The van der Waals surface area contributed by atoms with Crippen LogP contribution in [0.25, 0.3) is 21.0 Å². The predicted molar refractivity (Wildman–Crippen MR) is 117 cm³/mol. The van der Waals surface area contributed by atoms with Gasteiger partial charge in [-0.25, -0.2) is 4.98 Å². The van der Waals surface area contributed by atoms with E-state index in [1.807, 2.05) is 47.8 Å². The number of halogens is 1. The number of amides is 1. The highest BCUT2D eigenvalue weighted by Gasteiger charge is 2.19. The van der Waals surface area contributed by atoms with Crippen LogP contribution in [0.3, 0.4) is 0 Å². The zero-order chi connectivity index (χ0) is 20.4. The molecule has 0 aliphatic carbocycles. The van der Waals surface area contributed by atoms with Gasteiger partial charge in [-0.15, -0.1) is 11.3 Å². The minimum absolute atomic E-state index is 0.00928. The third-order valence-corrected chi connectivity index (χ3v) is 6.26. The highest BCUT2D eigenvalue weighted by Crippen LogP contribution is 2.40. The van der Waals surface area contributed by atoms with Gasteiger partial charge in [-0.3, -0.25) is 20.2 Å². The molecule has 4 rings (SSSR count). The van der Waals surface area contributed by atoms with Crippen LogP contribution in [0, 0.1) is 10.1 Å². The van der Waals surface area contributed by atoms with E-state index in [2.05, 4.69) is 10.3 Å². The van der Waals surface area contributed by atoms with E-state index in [1.165, 1.54) is 23.5 Å². The van der Waals surface area contributed by atoms with Crippen LogP contribution in [0.4, 0.5) is 10.8 Å². The summed E-state index contributed by atoms with van der Waals surface area (Å²) in [5.41, 5.74) is 1.77. The number of carbonyl (C=O) groups excluding carboxylic acids is 1. The molecule has 6 nitrogen and oxygen atoms in total. The zero-order valence-corrected chi connectivity index (χ0v) is 17.1. The van der Waals surface area contributed by atoms with E-state index < -0.39 is 10.8 Å². The largest absolute Gasteiger partial charge is 0.298 e. The molecule has 0 spiro atoms. The van der Waals surface area contributed by atoms with Crippen molar-refractivity contribution >= 4 is 51.0 Å². The van der Waals surface area contributed by atoms with Crippen LogP contribution in [-0.2, 0) is 0 Å². The van der Waals surface area contributed by atoms with Gasteiger partial charge < -0.3 is 0 Å². The van der Waals surface area contributed by atoms with E-state index in [1.54, 1.807) is 11.3 Å². The molecule has 0 saturated heterocycles. The summed E-state index contributed by atoms with van der Waals surface area (Å²) in [6.07, 6.45) is 0. The summed E-state index contributed by atoms with van der Waals surface area (Å²) < 4.78 is 0. The fraction of sp³-hybridized carbons (Fsp3) is 0. The van der Waals surface area contributed by atoms with Gasteiger partial charge in [0, 0.05) is 12.1 Å². The normalized spacial score (nSPS) is 10.7. The minimum Gasteiger partial charge on any atom is -0.298 e. The first-order valence-electron chi connectivity index (χ1n) is 8.38. The number of thiazole rings is 1. The molecule has 0 radical (unpaired) electrons. The van der Waals surface area contributed by atoms with Crippen molar-refractivity contribution in [2.24, 2.45) is 0 Å². The van der Waals surface area contributed by atoms with Crippen molar-refractivity contribution in [3.05, 3.63) is 86.7 Å². The monoisotopic (exact) mass is 441 g/mol. The van der Waals surface area contributed by atoms with Gasteiger partial charge in [0.15, 0.2) is 5.13 Å². The summed E-state index contributed by atoms with van der Waals surface area (Å²) in [6.45, 7) is 0. The molecule has 2 heterocycles. The van der Waals surface area contributed by atoms with E-state index in [9.17, 15) is 14.9 Å². The number of nitro benzene ring substituents is 1. The first kappa shape index (κ1) is 19.3. The maximum atomic E-state index is 12.7. The number of hydrogen-bond acceptors (Lipinski definition) is 6. The number of benzene rings is 2. The molecule has 0 aliphatic heterocycles. The molecule has 0 fully saturated rings. The number of carbonyl (C=O) groups is 1. The molecule has 1 amide bonds. The fourth-order valence-corrected chi connectivity index (χ4v) is 4.73. The van der Waals surface area contributed by atoms with Crippen molar-refractivity contribution < 1.29 is 9.72 Å². The van der Waals surface area contributed by atoms with Crippen molar-refractivity contribution in [2.45, 2.75) is 0 Å². The lowest BCUT2D eigenvalue weighted by molar-refractivity contribution is -0.384. The average Bonchev–Trinajstić information content (AvgIpc) is 3.38. The number of anilines is 1. The highest BCUT2D eigenvalue weighted by atomic mass is 35.5. The molecule has 0 aliphatic rings. The van der Waals surface area contributed by atoms with E-state index in [0.29, 0.717) is 5.13 Å². The number of hydrogen-bond donors (Lipinski definition) is 1. The second-order valence-electron chi connectivity index (χ2n) is 5.92. The second kappa shape index (κ2) is 8.12. The van der Waals surface area contributed by atoms with Crippen LogP contribution >= 0.6 is 34.3 Å². The molecule has 2 aromatic heterocycles. The van der Waals surface area contributed by atoms with Crippen LogP contribution in [-0.4, -0.2) is 15.8 Å². The molecule has 2 aromatic carbocycles. The highest BCUT2D eigenvalue weighted by molar-refractivity contribution is 7.20. The van der Waals surface area contributed by atoms with Gasteiger partial charge in [-0.1, -0.05) is 59.3 Å². The molecule has 0 saturated carbocycles. The first-order chi connectivity index (χ1) is 14.0. The smallest absolute Gasteiger partial charge is 0.270 e. The quantitative estimate of drug-likeness (QED) is 0.288. The fourth-order valence-electron chi connectivity index (χ4n) is 2.71. The summed E-state index contributed by atoms with van der Waals surface area (Å²) in [5, 5.41) is 16.0. The van der Waals surface area contributed by atoms with Crippen molar-refractivity contribution in [1.29, 1.82) is 0 Å².